The number of ether oxygens (including phenoxy) is 1. The summed E-state index contributed by atoms with van der Waals surface area (Å²) in [5.41, 5.74) is 5.50. The number of nitrogens with zero attached hydrogens (tertiary/aromatic N) is 1. The number of anilines is 3. The largest absolute Gasteiger partial charge is 0.383 e. The lowest BCUT2D eigenvalue weighted by atomic mass is 10.1. The van der Waals surface area contributed by atoms with Crippen molar-refractivity contribution in [2.75, 3.05) is 48.4 Å². The fourth-order valence-electron chi connectivity index (χ4n) is 3.06. The molecule has 26 heavy (non-hydrogen) atoms. The number of para-hydroxylation sites is 2. The van der Waals surface area contributed by atoms with E-state index in [4.69, 9.17) is 4.74 Å². The first-order valence-corrected chi connectivity index (χ1v) is 9.16. The molecule has 0 unspecified atom stereocenters. The number of carbonyl (C=O) groups is 1. The average Bonchev–Trinajstić information content (AvgIpc) is 2.66. The monoisotopic (exact) mass is 353 g/mol. The molecule has 2 aromatic rings. The van der Waals surface area contributed by atoms with Crippen LogP contribution in [0.5, 0.6) is 0 Å². The molecule has 2 N–H and O–H groups in total. The van der Waals surface area contributed by atoms with E-state index in [1.807, 2.05) is 30.3 Å². The number of rotatable bonds is 6. The zero-order chi connectivity index (χ0) is 18.4. The van der Waals surface area contributed by atoms with Crippen molar-refractivity contribution in [2.45, 2.75) is 20.3 Å². The lowest BCUT2D eigenvalue weighted by Gasteiger charge is -2.30. The van der Waals surface area contributed by atoms with E-state index in [0.717, 1.165) is 37.7 Å². The van der Waals surface area contributed by atoms with Gasteiger partial charge in [0.2, 0.25) is 5.91 Å². The summed E-state index contributed by atoms with van der Waals surface area (Å²) in [6.07, 6.45) is 0.421. The maximum Gasteiger partial charge on any atom is 0.226 e. The van der Waals surface area contributed by atoms with E-state index in [2.05, 4.69) is 41.5 Å². The molecule has 0 saturated carbocycles. The molecular formula is C21H27N3O2. The summed E-state index contributed by atoms with van der Waals surface area (Å²) in [6, 6.07) is 14.2. The van der Waals surface area contributed by atoms with Crippen LogP contribution in [0.1, 0.15) is 17.5 Å². The Bertz CT molecular complexity index is 755. The van der Waals surface area contributed by atoms with Crippen LogP contribution in [0.2, 0.25) is 0 Å². The van der Waals surface area contributed by atoms with Gasteiger partial charge in [-0.25, -0.2) is 0 Å². The van der Waals surface area contributed by atoms with Crippen molar-refractivity contribution in [2.24, 2.45) is 0 Å². The SMILES string of the molecule is Cc1ccc(NC(=O)CCNc2ccccc2N2CCOCC2)cc1C. The van der Waals surface area contributed by atoms with Crippen molar-refractivity contribution in [3.8, 4) is 0 Å². The zero-order valence-corrected chi connectivity index (χ0v) is 15.5. The predicted molar refractivity (Wildman–Crippen MR) is 107 cm³/mol. The van der Waals surface area contributed by atoms with Crippen molar-refractivity contribution in [1.82, 2.24) is 0 Å². The molecule has 5 heteroatoms. The molecule has 0 spiro atoms. The lowest BCUT2D eigenvalue weighted by Crippen LogP contribution is -2.36. The van der Waals surface area contributed by atoms with Gasteiger partial charge in [-0.3, -0.25) is 4.79 Å². The van der Waals surface area contributed by atoms with Crippen LogP contribution in [0, 0.1) is 13.8 Å². The van der Waals surface area contributed by atoms with Crippen LogP contribution >= 0.6 is 0 Å². The van der Waals surface area contributed by atoms with E-state index in [1.165, 1.54) is 16.8 Å². The molecule has 1 aliphatic rings. The smallest absolute Gasteiger partial charge is 0.226 e. The van der Waals surface area contributed by atoms with Crippen LogP contribution in [0.25, 0.3) is 0 Å². The summed E-state index contributed by atoms with van der Waals surface area (Å²) in [5, 5.41) is 6.37. The van der Waals surface area contributed by atoms with Crippen LogP contribution in [0.3, 0.4) is 0 Å². The van der Waals surface area contributed by atoms with Crippen molar-refractivity contribution < 1.29 is 9.53 Å². The highest BCUT2D eigenvalue weighted by Crippen LogP contribution is 2.26. The topological polar surface area (TPSA) is 53.6 Å². The summed E-state index contributed by atoms with van der Waals surface area (Å²) in [4.78, 5) is 14.5. The molecule has 1 amide bonds. The Labute approximate surface area is 155 Å². The van der Waals surface area contributed by atoms with Gasteiger partial charge in [0.25, 0.3) is 0 Å². The molecule has 0 aliphatic carbocycles. The first-order valence-electron chi connectivity index (χ1n) is 9.16. The van der Waals surface area contributed by atoms with Gasteiger partial charge in [-0.1, -0.05) is 18.2 Å². The molecular weight excluding hydrogens is 326 g/mol. The third-order valence-electron chi connectivity index (χ3n) is 4.71. The van der Waals surface area contributed by atoms with Gasteiger partial charge >= 0.3 is 0 Å². The van der Waals surface area contributed by atoms with Crippen LogP contribution in [0.15, 0.2) is 42.5 Å². The summed E-state index contributed by atoms with van der Waals surface area (Å²) < 4.78 is 5.43. The lowest BCUT2D eigenvalue weighted by molar-refractivity contribution is -0.115. The summed E-state index contributed by atoms with van der Waals surface area (Å²) >= 11 is 0. The van der Waals surface area contributed by atoms with Crippen LogP contribution in [0.4, 0.5) is 17.1 Å². The van der Waals surface area contributed by atoms with E-state index >= 15 is 0 Å². The number of amides is 1. The Morgan fingerprint density at radius 3 is 2.62 bits per heavy atom. The van der Waals surface area contributed by atoms with Gasteiger partial charge in [-0.05, 0) is 49.2 Å². The molecule has 0 bridgehead atoms. The maximum atomic E-state index is 12.2. The minimum absolute atomic E-state index is 0.0182. The summed E-state index contributed by atoms with van der Waals surface area (Å²) in [5.74, 6) is 0.0182. The second-order valence-corrected chi connectivity index (χ2v) is 6.64. The van der Waals surface area contributed by atoms with Gasteiger partial charge in [0.1, 0.15) is 0 Å². The molecule has 1 heterocycles. The summed E-state index contributed by atoms with van der Waals surface area (Å²) in [7, 11) is 0. The van der Waals surface area contributed by atoms with Crippen LogP contribution < -0.4 is 15.5 Å². The molecule has 3 rings (SSSR count). The van der Waals surface area contributed by atoms with Crippen molar-refractivity contribution in [1.29, 1.82) is 0 Å². The van der Waals surface area contributed by atoms with E-state index in [1.54, 1.807) is 0 Å². The fraction of sp³-hybridized carbons (Fsp3) is 0.381. The number of carbonyl (C=O) groups excluding carboxylic acids is 1. The van der Waals surface area contributed by atoms with Gasteiger partial charge in [-0.2, -0.15) is 0 Å². The molecule has 5 nitrogen and oxygen atoms in total. The van der Waals surface area contributed by atoms with Crippen molar-refractivity contribution in [3.63, 3.8) is 0 Å². The van der Waals surface area contributed by atoms with E-state index in [-0.39, 0.29) is 5.91 Å². The quantitative estimate of drug-likeness (QED) is 0.833. The molecule has 0 radical (unpaired) electrons. The number of morpholine rings is 1. The second kappa shape index (κ2) is 8.72. The zero-order valence-electron chi connectivity index (χ0n) is 15.5. The van der Waals surface area contributed by atoms with Gasteiger partial charge in [0.05, 0.1) is 24.6 Å². The Morgan fingerprint density at radius 2 is 1.85 bits per heavy atom. The highest BCUT2D eigenvalue weighted by molar-refractivity contribution is 5.91. The molecule has 2 aromatic carbocycles. The molecule has 138 valence electrons. The van der Waals surface area contributed by atoms with E-state index in [0.29, 0.717) is 13.0 Å². The number of aryl methyl sites for hydroxylation is 2. The highest BCUT2D eigenvalue weighted by atomic mass is 16.5. The van der Waals surface area contributed by atoms with E-state index < -0.39 is 0 Å². The highest BCUT2D eigenvalue weighted by Gasteiger charge is 2.14. The molecule has 0 aromatic heterocycles. The maximum absolute atomic E-state index is 12.2. The Balaban J connectivity index is 1.53. The van der Waals surface area contributed by atoms with E-state index in [9.17, 15) is 4.79 Å². The normalized spacial score (nSPS) is 14.2. The van der Waals surface area contributed by atoms with Gasteiger partial charge in [0.15, 0.2) is 0 Å². The van der Waals surface area contributed by atoms with Crippen molar-refractivity contribution >= 4 is 23.0 Å². The first kappa shape index (κ1) is 18.3. The third-order valence-corrected chi connectivity index (χ3v) is 4.71. The fourth-order valence-corrected chi connectivity index (χ4v) is 3.06. The number of nitrogens with one attached hydrogen (secondary N) is 2. The van der Waals surface area contributed by atoms with Gasteiger partial charge in [-0.15, -0.1) is 0 Å². The number of benzene rings is 2. The molecule has 0 atom stereocenters. The summed E-state index contributed by atoms with van der Waals surface area (Å²) in [6.45, 7) is 8.02. The number of hydrogen-bond donors (Lipinski definition) is 2. The minimum Gasteiger partial charge on any atom is -0.383 e. The minimum atomic E-state index is 0.0182. The van der Waals surface area contributed by atoms with Crippen LogP contribution in [-0.4, -0.2) is 38.8 Å². The van der Waals surface area contributed by atoms with Crippen LogP contribution in [-0.2, 0) is 9.53 Å². The average molecular weight is 353 g/mol. The Kier molecular flexibility index (Phi) is 6.12. The standard InChI is InChI=1S/C21H27N3O2/c1-16-7-8-18(15-17(16)2)23-21(25)9-10-22-19-5-3-4-6-20(19)24-11-13-26-14-12-24/h3-8,15,22H,9-14H2,1-2H3,(H,23,25). The van der Waals surface area contributed by atoms with Crippen molar-refractivity contribution in [3.05, 3.63) is 53.6 Å². The molecule has 1 saturated heterocycles. The second-order valence-electron chi connectivity index (χ2n) is 6.64. The third kappa shape index (κ3) is 4.76. The first-order chi connectivity index (χ1) is 12.6. The molecule has 1 aliphatic heterocycles. The van der Waals surface area contributed by atoms with Gasteiger partial charge < -0.3 is 20.3 Å². The predicted octanol–water partition coefficient (Wildman–Crippen LogP) is 3.58. The Hall–Kier alpha value is -2.53. The number of hydrogen-bond acceptors (Lipinski definition) is 4. The van der Waals surface area contributed by atoms with Gasteiger partial charge in [0, 0.05) is 31.7 Å². The Morgan fingerprint density at radius 1 is 1.08 bits per heavy atom. The molecule has 1 fully saturated rings.